The van der Waals surface area contributed by atoms with Crippen LogP contribution >= 0.6 is 15.9 Å². The number of hydrogen-bond acceptors (Lipinski definition) is 2. The fraction of sp³-hybridized carbons (Fsp3) is 0.462. The molecule has 1 aromatic rings. The molecular weight excluding hydrogens is 282 g/mol. The summed E-state index contributed by atoms with van der Waals surface area (Å²) >= 11 is 3.38. The van der Waals surface area contributed by atoms with E-state index in [9.17, 15) is 4.79 Å². The largest absolute Gasteiger partial charge is 0.366 e. The Balaban J connectivity index is 2.72. The van der Waals surface area contributed by atoms with E-state index in [0.717, 1.165) is 15.6 Å². The molecule has 3 nitrogen and oxygen atoms in total. The minimum absolute atomic E-state index is 0.350. The van der Waals surface area contributed by atoms with Crippen LogP contribution in [0.2, 0.25) is 0 Å². The van der Waals surface area contributed by atoms with Gasteiger partial charge in [-0.3, -0.25) is 4.79 Å². The molecule has 0 bridgehead atoms. The lowest BCUT2D eigenvalue weighted by Gasteiger charge is -2.24. The summed E-state index contributed by atoms with van der Waals surface area (Å²) < 4.78 is 6.74. The van der Waals surface area contributed by atoms with Crippen molar-refractivity contribution in [3.8, 4) is 0 Å². The standard InChI is InChI=1S/C13H16BrNO2/c1-12(2)8-5-7(11(15)16)10(14)6-9(8)13(3,4)17-12/h5-6H,1-4H3,(H2,15,16). The van der Waals surface area contributed by atoms with Gasteiger partial charge in [0.05, 0.1) is 16.8 Å². The van der Waals surface area contributed by atoms with E-state index in [-0.39, 0.29) is 5.60 Å². The molecule has 0 saturated heterocycles. The molecule has 1 amide bonds. The molecule has 0 unspecified atom stereocenters. The number of carbonyl (C=O) groups is 1. The van der Waals surface area contributed by atoms with Crippen molar-refractivity contribution in [3.05, 3.63) is 33.3 Å². The molecule has 1 heterocycles. The van der Waals surface area contributed by atoms with Gasteiger partial charge in [-0.25, -0.2) is 0 Å². The summed E-state index contributed by atoms with van der Waals surface area (Å²) in [6.07, 6.45) is 0. The van der Waals surface area contributed by atoms with Crippen molar-refractivity contribution >= 4 is 21.8 Å². The van der Waals surface area contributed by atoms with Crippen LogP contribution in [-0.2, 0) is 15.9 Å². The van der Waals surface area contributed by atoms with Crippen molar-refractivity contribution in [2.45, 2.75) is 38.9 Å². The smallest absolute Gasteiger partial charge is 0.249 e. The molecule has 0 atom stereocenters. The molecule has 1 aliphatic rings. The molecule has 92 valence electrons. The predicted molar refractivity (Wildman–Crippen MR) is 69.8 cm³/mol. The number of amides is 1. The van der Waals surface area contributed by atoms with Crippen LogP contribution in [0.25, 0.3) is 0 Å². The predicted octanol–water partition coefficient (Wildman–Crippen LogP) is 3.05. The average molecular weight is 298 g/mol. The maximum Gasteiger partial charge on any atom is 0.249 e. The summed E-state index contributed by atoms with van der Waals surface area (Å²) in [5.41, 5.74) is 7.23. The maximum atomic E-state index is 11.3. The van der Waals surface area contributed by atoms with Gasteiger partial charge in [-0.15, -0.1) is 0 Å². The number of hydrogen-bond donors (Lipinski definition) is 1. The number of benzene rings is 1. The van der Waals surface area contributed by atoms with Crippen LogP contribution < -0.4 is 5.73 Å². The Morgan fingerprint density at radius 3 is 2.12 bits per heavy atom. The topological polar surface area (TPSA) is 52.3 Å². The average Bonchev–Trinajstić information content (AvgIpc) is 2.30. The zero-order valence-corrected chi connectivity index (χ0v) is 12.0. The van der Waals surface area contributed by atoms with Crippen molar-refractivity contribution < 1.29 is 9.53 Å². The third-order valence-electron chi connectivity index (χ3n) is 3.18. The molecule has 0 saturated carbocycles. The highest BCUT2D eigenvalue weighted by molar-refractivity contribution is 9.10. The second-order valence-electron chi connectivity index (χ2n) is 5.36. The summed E-state index contributed by atoms with van der Waals surface area (Å²) in [7, 11) is 0. The number of fused-ring (bicyclic) bond motifs is 1. The number of ether oxygens (including phenoxy) is 1. The van der Waals surface area contributed by atoms with Gasteiger partial charge in [0.2, 0.25) is 5.91 Å². The molecule has 2 N–H and O–H groups in total. The second-order valence-corrected chi connectivity index (χ2v) is 6.22. The summed E-state index contributed by atoms with van der Waals surface area (Å²) in [4.78, 5) is 11.3. The number of halogens is 1. The summed E-state index contributed by atoms with van der Waals surface area (Å²) in [6, 6.07) is 3.76. The third kappa shape index (κ3) is 1.89. The van der Waals surface area contributed by atoms with Crippen LogP contribution in [-0.4, -0.2) is 5.91 Å². The molecule has 0 radical (unpaired) electrons. The molecule has 0 aliphatic carbocycles. The highest BCUT2D eigenvalue weighted by atomic mass is 79.9. The van der Waals surface area contributed by atoms with Crippen LogP contribution in [0.1, 0.15) is 49.2 Å². The van der Waals surface area contributed by atoms with Crippen molar-refractivity contribution in [3.63, 3.8) is 0 Å². The number of rotatable bonds is 1. The Morgan fingerprint density at radius 1 is 1.18 bits per heavy atom. The Hall–Kier alpha value is -0.870. The molecule has 0 fully saturated rings. The summed E-state index contributed by atoms with van der Waals surface area (Å²) in [5.74, 6) is -0.430. The zero-order valence-electron chi connectivity index (χ0n) is 10.4. The molecule has 0 aromatic heterocycles. The van der Waals surface area contributed by atoms with Crippen LogP contribution in [0.4, 0.5) is 0 Å². The van der Waals surface area contributed by atoms with Crippen molar-refractivity contribution in [2.75, 3.05) is 0 Å². The van der Waals surface area contributed by atoms with Crippen LogP contribution in [0.5, 0.6) is 0 Å². The fourth-order valence-electron chi connectivity index (χ4n) is 2.51. The van der Waals surface area contributed by atoms with Crippen molar-refractivity contribution in [1.29, 1.82) is 0 Å². The Morgan fingerprint density at radius 2 is 1.65 bits per heavy atom. The molecule has 17 heavy (non-hydrogen) atoms. The first-order valence-corrected chi connectivity index (χ1v) is 6.29. The monoisotopic (exact) mass is 297 g/mol. The molecule has 2 rings (SSSR count). The summed E-state index contributed by atoms with van der Waals surface area (Å²) in [6.45, 7) is 8.05. The Labute approximate surface area is 109 Å². The van der Waals surface area contributed by atoms with Gasteiger partial charge in [0, 0.05) is 4.47 Å². The van der Waals surface area contributed by atoms with E-state index in [2.05, 4.69) is 15.9 Å². The Bertz CT molecular complexity index is 506. The van der Waals surface area contributed by atoms with Gasteiger partial charge < -0.3 is 10.5 Å². The van der Waals surface area contributed by atoms with Gasteiger partial charge >= 0.3 is 0 Å². The van der Waals surface area contributed by atoms with Gasteiger partial charge in [0.15, 0.2) is 0 Å². The number of carbonyl (C=O) groups excluding carboxylic acids is 1. The molecule has 1 aromatic carbocycles. The van der Waals surface area contributed by atoms with E-state index in [1.54, 1.807) is 0 Å². The minimum Gasteiger partial charge on any atom is -0.366 e. The molecule has 1 aliphatic heterocycles. The third-order valence-corrected chi connectivity index (χ3v) is 3.84. The minimum atomic E-state index is -0.430. The van der Waals surface area contributed by atoms with E-state index in [0.29, 0.717) is 5.56 Å². The van der Waals surface area contributed by atoms with Crippen LogP contribution in [0, 0.1) is 0 Å². The molecular formula is C13H16BrNO2. The van der Waals surface area contributed by atoms with E-state index in [4.69, 9.17) is 10.5 Å². The van der Waals surface area contributed by atoms with Gasteiger partial charge in [-0.05, 0) is 66.9 Å². The van der Waals surface area contributed by atoms with Gasteiger partial charge in [-0.2, -0.15) is 0 Å². The van der Waals surface area contributed by atoms with Gasteiger partial charge in [0.1, 0.15) is 0 Å². The van der Waals surface area contributed by atoms with Crippen molar-refractivity contribution in [1.82, 2.24) is 0 Å². The first-order valence-electron chi connectivity index (χ1n) is 5.49. The lowest BCUT2D eigenvalue weighted by molar-refractivity contribution is -0.105. The van der Waals surface area contributed by atoms with E-state index in [1.165, 1.54) is 0 Å². The van der Waals surface area contributed by atoms with E-state index < -0.39 is 11.5 Å². The zero-order chi connectivity index (χ0) is 13.0. The normalized spacial score (nSPS) is 20.1. The maximum absolute atomic E-state index is 11.3. The number of nitrogens with two attached hydrogens (primary N) is 1. The second kappa shape index (κ2) is 3.56. The fourth-order valence-corrected chi connectivity index (χ4v) is 3.04. The Kier molecular flexibility index (Phi) is 2.64. The van der Waals surface area contributed by atoms with Gasteiger partial charge in [-0.1, -0.05) is 0 Å². The van der Waals surface area contributed by atoms with Gasteiger partial charge in [0.25, 0.3) is 0 Å². The molecule has 4 heteroatoms. The highest BCUT2D eigenvalue weighted by Crippen LogP contribution is 2.47. The lowest BCUT2D eigenvalue weighted by Crippen LogP contribution is -2.22. The highest BCUT2D eigenvalue weighted by Gasteiger charge is 2.43. The first-order chi connectivity index (χ1) is 7.65. The van der Waals surface area contributed by atoms with E-state index >= 15 is 0 Å². The molecule has 0 spiro atoms. The van der Waals surface area contributed by atoms with E-state index in [1.807, 2.05) is 39.8 Å². The first kappa shape index (κ1) is 12.6. The summed E-state index contributed by atoms with van der Waals surface area (Å²) in [5, 5.41) is 0. The van der Waals surface area contributed by atoms with Crippen molar-refractivity contribution in [2.24, 2.45) is 5.73 Å². The number of primary amides is 1. The lowest BCUT2D eigenvalue weighted by atomic mass is 9.89. The van der Waals surface area contributed by atoms with Crippen LogP contribution in [0.3, 0.4) is 0 Å². The van der Waals surface area contributed by atoms with Crippen LogP contribution in [0.15, 0.2) is 16.6 Å². The quantitative estimate of drug-likeness (QED) is 0.866. The SMILES string of the molecule is CC1(C)OC(C)(C)c2cc(C(N)=O)c(Br)cc21.